The smallest absolute Gasteiger partial charge is 0.223 e. The summed E-state index contributed by atoms with van der Waals surface area (Å²) in [4.78, 5) is 24.5. The van der Waals surface area contributed by atoms with Crippen molar-refractivity contribution in [3.05, 3.63) is 35.9 Å². The zero-order valence-corrected chi connectivity index (χ0v) is 11.6. The standard InChI is InChI=1S/C14H17NO3S/c1-10(16)19-12-7-14(18)15(8-12)9-13(17)11-5-3-2-4-6-11/h2-6,12-13,17H,7-9H2,1H3/t12?,13-/m1/s1. The number of amides is 1. The minimum atomic E-state index is -0.675. The summed E-state index contributed by atoms with van der Waals surface area (Å²) in [6.45, 7) is 2.33. The molecule has 5 heteroatoms. The van der Waals surface area contributed by atoms with Gasteiger partial charge >= 0.3 is 0 Å². The molecule has 1 fully saturated rings. The van der Waals surface area contributed by atoms with E-state index >= 15 is 0 Å². The van der Waals surface area contributed by atoms with Crippen LogP contribution in [0.25, 0.3) is 0 Å². The van der Waals surface area contributed by atoms with Crippen molar-refractivity contribution in [2.24, 2.45) is 0 Å². The summed E-state index contributed by atoms with van der Waals surface area (Å²) >= 11 is 1.21. The zero-order valence-electron chi connectivity index (χ0n) is 10.8. The van der Waals surface area contributed by atoms with Crippen LogP contribution in [0, 0.1) is 0 Å². The van der Waals surface area contributed by atoms with Gasteiger partial charge in [0.2, 0.25) is 5.91 Å². The molecule has 1 aromatic carbocycles. The van der Waals surface area contributed by atoms with Crippen molar-refractivity contribution in [2.45, 2.75) is 24.7 Å². The number of β-amino-alcohol motifs (C(OH)–C–C–N with tert-alkyl or cyclic N) is 1. The number of nitrogens with zero attached hydrogens (tertiary/aromatic N) is 1. The number of carbonyl (C=O) groups excluding carboxylic acids is 2. The van der Waals surface area contributed by atoms with Gasteiger partial charge in [0.05, 0.1) is 12.6 Å². The first-order chi connectivity index (χ1) is 9.06. The third kappa shape index (κ3) is 3.81. The molecule has 0 saturated carbocycles. The highest BCUT2D eigenvalue weighted by atomic mass is 32.2. The van der Waals surface area contributed by atoms with E-state index in [0.29, 0.717) is 13.0 Å². The highest BCUT2D eigenvalue weighted by Crippen LogP contribution is 2.26. The van der Waals surface area contributed by atoms with E-state index in [1.54, 1.807) is 4.90 Å². The molecule has 1 unspecified atom stereocenters. The Morgan fingerprint density at radius 1 is 1.47 bits per heavy atom. The van der Waals surface area contributed by atoms with Crippen molar-refractivity contribution in [3.8, 4) is 0 Å². The summed E-state index contributed by atoms with van der Waals surface area (Å²) < 4.78 is 0. The molecule has 1 aliphatic rings. The van der Waals surface area contributed by atoms with E-state index in [-0.39, 0.29) is 22.8 Å². The van der Waals surface area contributed by atoms with Gasteiger partial charge in [-0.1, -0.05) is 42.1 Å². The summed E-state index contributed by atoms with van der Waals surface area (Å²) in [5.74, 6) is 0.00808. The fraction of sp³-hybridized carbons (Fsp3) is 0.429. The van der Waals surface area contributed by atoms with Crippen LogP contribution < -0.4 is 0 Å². The number of rotatable bonds is 4. The van der Waals surface area contributed by atoms with E-state index in [9.17, 15) is 14.7 Å². The highest BCUT2D eigenvalue weighted by Gasteiger charge is 2.32. The number of hydrogen-bond donors (Lipinski definition) is 1. The van der Waals surface area contributed by atoms with Crippen molar-refractivity contribution in [1.82, 2.24) is 4.90 Å². The second-order valence-electron chi connectivity index (χ2n) is 4.66. The van der Waals surface area contributed by atoms with Gasteiger partial charge in [-0.25, -0.2) is 0 Å². The first kappa shape index (κ1) is 14.1. The SMILES string of the molecule is CC(=O)SC1CC(=O)N(C[C@@H](O)c2ccccc2)C1. The molecule has 2 atom stereocenters. The Morgan fingerprint density at radius 3 is 2.79 bits per heavy atom. The van der Waals surface area contributed by atoms with Gasteiger partial charge in [-0.2, -0.15) is 0 Å². The maximum atomic E-state index is 11.8. The van der Waals surface area contributed by atoms with Gasteiger partial charge in [-0.15, -0.1) is 0 Å². The molecule has 1 aliphatic heterocycles. The molecular formula is C14H17NO3S. The third-order valence-corrected chi connectivity index (χ3v) is 4.07. The van der Waals surface area contributed by atoms with E-state index in [2.05, 4.69) is 0 Å². The lowest BCUT2D eigenvalue weighted by atomic mass is 10.1. The van der Waals surface area contributed by atoms with Gasteiger partial charge in [0.15, 0.2) is 5.12 Å². The number of likely N-dealkylation sites (tertiary alicyclic amines) is 1. The molecule has 0 bridgehead atoms. The van der Waals surface area contributed by atoms with Crippen molar-refractivity contribution >= 4 is 22.8 Å². The van der Waals surface area contributed by atoms with Crippen molar-refractivity contribution in [3.63, 3.8) is 0 Å². The second kappa shape index (κ2) is 6.21. The Kier molecular flexibility index (Phi) is 4.61. The first-order valence-corrected chi connectivity index (χ1v) is 7.12. The Labute approximate surface area is 116 Å². The predicted octanol–water partition coefficient (Wildman–Crippen LogP) is 1.60. The van der Waals surface area contributed by atoms with Crippen LogP contribution in [-0.4, -0.2) is 39.4 Å². The number of hydrogen-bond acceptors (Lipinski definition) is 4. The lowest BCUT2D eigenvalue weighted by Gasteiger charge is -2.20. The minimum absolute atomic E-state index is 0.00808. The normalized spacial score (nSPS) is 20.6. The number of thioether (sulfide) groups is 1. The molecule has 1 heterocycles. The van der Waals surface area contributed by atoms with Gasteiger partial charge in [-0.05, 0) is 5.56 Å². The molecule has 1 N–H and O–H groups in total. The van der Waals surface area contributed by atoms with E-state index in [1.807, 2.05) is 30.3 Å². The van der Waals surface area contributed by atoms with Crippen LogP contribution in [0.2, 0.25) is 0 Å². The van der Waals surface area contributed by atoms with Crippen molar-refractivity contribution < 1.29 is 14.7 Å². The Balaban J connectivity index is 1.93. The molecule has 0 aliphatic carbocycles. The Morgan fingerprint density at radius 2 is 2.16 bits per heavy atom. The molecular weight excluding hydrogens is 262 g/mol. The van der Waals surface area contributed by atoms with Gasteiger partial charge in [0, 0.05) is 25.1 Å². The van der Waals surface area contributed by atoms with E-state index in [4.69, 9.17) is 0 Å². The number of aliphatic hydroxyl groups is 1. The summed E-state index contributed by atoms with van der Waals surface area (Å²) in [6, 6.07) is 9.29. The van der Waals surface area contributed by atoms with Crippen LogP contribution >= 0.6 is 11.8 Å². The van der Waals surface area contributed by atoms with Crippen LogP contribution in [0.15, 0.2) is 30.3 Å². The van der Waals surface area contributed by atoms with Gasteiger partial charge in [0.1, 0.15) is 0 Å². The summed E-state index contributed by atoms with van der Waals surface area (Å²) in [5, 5.41) is 10.2. The Hall–Kier alpha value is -1.33. The number of aliphatic hydroxyl groups excluding tert-OH is 1. The van der Waals surface area contributed by atoms with Crippen LogP contribution in [-0.2, 0) is 9.59 Å². The molecule has 0 radical (unpaired) electrons. The molecule has 1 aromatic rings. The third-order valence-electron chi connectivity index (χ3n) is 3.09. The lowest BCUT2D eigenvalue weighted by molar-refractivity contribution is -0.128. The summed E-state index contributed by atoms with van der Waals surface area (Å²) in [6.07, 6.45) is -0.294. The molecule has 4 nitrogen and oxygen atoms in total. The fourth-order valence-electron chi connectivity index (χ4n) is 2.22. The Bertz CT molecular complexity index is 463. The number of benzene rings is 1. The minimum Gasteiger partial charge on any atom is -0.387 e. The zero-order chi connectivity index (χ0) is 13.8. The molecule has 0 spiro atoms. The lowest BCUT2D eigenvalue weighted by Crippen LogP contribution is -2.30. The van der Waals surface area contributed by atoms with Gasteiger partial charge in [-0.3, -0.25) is 9.59 Å². The quantitative estimate of drug-likeness (QED) is 0.909. The topological polar surface area (TPSA) is 57.6 Å². The average molecular weight is 279 g/mol. The van der Waals surface area contributed by atoms with Crippen molar-refractivity contribution in [1.29, 1.82) is 0 Å². The van der Waals surface area contributed by atoms with Crippen molar-refractivity contribution in [2.75, 3.05) is 13.1 Å². The first-order valence-electron chi connectivity index (χ1n) is 6.24. The fourth-order valence-corrected chi connectivity index (χ4v) is 3.17. The van der Waals surface area contributed by atoms with Crippen LogP contribution in [0.5, 0.6) is 0 Å². The molecule has 1 saturated heterocycles. The molecule has 1 amide bonds. The van der Waals surface area contributed by atoms with E-state index in [1.165, 1.54) is 18.7 Å². The highest BCUT2D eigenvalue weighted by molar-refractivity contribution is 8.14. The largest absolute Gasteiger partial charge is 0.387 e. The monoisotopic (exact) mass is 279 g/mol. The predicted molar refractivity (Wildman–Crippen MR) is 74.7 cm³/mol. The molecule has 19 heavy (non-hydrogen) atoms. The van der Waals surface area contributed by atoms with Crippen LogP contribution in [0.4, 0.5) is 0 Å². The average Bonchev–Trinajstić information content (AvgIpc) is 2.69. The molecule has 2 rings (SSSR count). The van der Waals surface area contributed by atoms with E-state index < -0.39 is 6.10 Å². The van der Waals surface area contributed by atoms with Crippen LogP contribution in [0.1, 0.15) is 25.0 Å². The summed E-state index contributed by atoms with van der Waals surface area (Å²) in [7, 11) is 0. The number of carbonyl (C=O) groups is 2. The maximum absolute atomic E-state index is 11.8. The second-order valence-corrected chi connectivity index (χ2v) is 6.14. The summed E-state index contributed by atoms with van der Waals surface area (Å²) in [5.41, 5.74) is 0.804. The van der Waals surface area contributed by atoms with Crippen LogP contribution in [0.3, 0.4) is 0 Å². The van der Waals surface area contributed by atoms with Gasteiger partial charge < -0.3 is 10.0 Å². The molecule has 0 aromatic heterocycles. The maximum Gasteiger partial charge on any atom is 0.223 e. The molecule has 102 valence electrons. The van der Waals surface area contributed by atoms with E-state index in [0.717, 1.165) is 5.56 Å². The van der Waals surface area contributed by atoms with Gasteiger partial charge in [0.25, 0.3) is 0 Å².